The molecule has 0 radical (unpaired) electrons. The zero-order valence-electron chi connectivity index (χ0n) is 7.84. The molecule has 0 aromatic carbocycles. The summed E-state index contributed by atoms with van der Waals surface area (Å²) in [6.07, 6.45) is 1.81. The number of aliphatic hydroxyl groups is 3. The maximum atomic E-state index is 9.81. The molecule has 0 spiro atoms. The van der Waals surface area contributed by atoms with Crippen molar-refractivity contribution in [3.8, 4) is 0 Å². The quantitative estimate of drug-likeness (QED) is 0.408. The van der Waals surface area contributed by atoms with Crippen LogP contribution in [-0.2, 0) is 4.74 Å². The van der Waals surface area contributed by atoms with Crippen molar-refractivity contribution in [1.82, 2.24) is 0 Å². The van der Waals surface area contributed by atoms with Gasteiger partial charge < -0.3 is 20.1 Å². The van der Waals surface area contributed by atoms with Crippen LogP contribution in [0.3, 0.4) is 0 Å². The number of ether oxygens (including phenoxy) is 1. The molecule has 3 N–H and O–H groups in total. The van der Waals surface area contributed by atoms with Gasteiger partial charge in [-0.3, -0.25) is 0 Å². The SMILES string of the molecule is C[C@H](O)/C=C/C(O)(CO)[C@@H]1O[C@H]1C. The number of hydrogen-bond donors (Lipinski definition) is 3. The van der Waals surface area contributed by atoms with Crippen molar-refractivity contribution >= 4 is 0 Å². The molecule has 1 aliphatic rings. The molecule has 1 unspecified atom stereocenters. The summed E-state index contributed by atoms with van der Waals surface area (Å²) in [6.45, 7) is 3.00. The maximum absolute atomic E-state index is 9.81. The molecule has 0 amide bonds. The molecule has 0 saturated carbocycles. The number of aliphatic hydroxyl groups excluding tert-OH is 2. The lowest BCUT2D eigenvalue weighted by Gasteiger charge is -2.19. The Bertz CT molecular complexity index is 202. The smallest absolute Gasteiger partial charge is 0.134 e. The lowest BCUT2D eigenvalue weighted by molar-refractivity contribution is 0.00367. The lowest BCUT2D eigenvalue weighted by Crippen LogP contribution is -2.38. The van der Waals surface area contributed by atoms with Crippen LogP contribution in [0, 0.1) is 0 Å². The average molecular weight is 188 g/mol. The van der Waals surface area contributed by atoms with E-state index in [9.17, 15) is 5.11 Å². The van der Waals surface area contributed by atoms with Gasteiger partial charge in [-0.05, 0) is 19.9 Å². The molecule has 13 heavy (non-hydrogen) atoms. The Morgan fingerprint density at radius 1 is 1.62 bits per heavy atom. The van der Waals surface area contributed by atoms with Gasteiger partial charge in [-0.1, -0.05) is 6.08 Å². The van der Waals surface area contributed by atoms with Crippen molar-refractivity contribution in [3.63, 3.8) is 0 Å². The van der Waals surface area contributed by atoms with Crippen LogP contribution in [0.15, 0.2) is 12.2 Å². The van der Waals surface area contributed by atoms with Crippen molar-refractivity contribution in [2.45, 2.75) is 37.8 Å². The van der Waals surface area contributed by atoms with Gasteiger partial charge in [-0.25, -0.2) is 0 Å². The third-order valence-corrected chi connectivity index (χ3v) is 2.12. The molecular formula is C9H16O4. The van der Waals surface area contributed by atoms with Gasteiger partial charge in [0.1, 0.15) is 11.7 Å². The fourth-order valence-corrected chi connectivity index (χ4v) is 1.25. The Balaban J connectivity index is 2.59. The summed E-state index contributed by atoms with van der Waals surface area (Å²) < 4.78 is 5.06. The average Bonchev–Trinajstić information content (AvgIpc) is 2.79. The summed E-state index contributed by atoms with van der Waals surface area (Å²) in [6, 6.07) is 0. The summed E-state index contributed by atoms with van der Waals surface area (Å²) >= 11 is 0. The highest BCUT2D eigenvalue weighted by atomic mass is 16.6. The van der Waals surface area contributed by atoms with Crippen LogP contribution in [0.2, 0.25) is 0 Å². The zero-order chi connectivity index (χ0) is 10.1. The summed E-state index contributed by atoms with van der Waals surface area (Å²) in [4.78, 5) is 0. The van der Waals surface area contributed by atoms with Gasteiger partial charge in [0, 0.05) is 0 Å². The van der Waals surface area contributed by atoms with E-state index in [0.29, 0.717) is 0 Å². The highest BCUT2D eigenvalue weighted by Gasteiger charge is 2.49. The third-order valence-electron chi connectivity index (χ3n) is 2.12. The van der Waals surface area contributed by atoms with Crippen molar-refractivity contribution in [2.75, 3.05) is 6.61 Å². The fraction of sp³-hybridized carbons (Fsp3) is 0.778. The Morgan fingerprint density at radius 2 is 2.15 bits per heavy atom. The first-order valence-corrected chi connectivity index (χ1v) is 4.36. The highest BCUT2D eigenvalue weighted by molar-refractivity contribution is 5.12. The molecule has 0 aliphatic carbocycles. The van der Waals surface area contributed by atoms with E-state index in [1.165, 1.54) is 12.2 Å². The first-order chi connectivity index (χ1) is 5.99. The molecule has 1 saturated heterocycles. The largest absolute Gasteiger partial charge is 0.393 e. The lowest BCUT2D eigenvalue weighted by atomic mass is 9.98. The van der Waals surface area contributed by atoms with Crippen LogP contribution in [0.5, 0.6) is 0 Å². The van der Waals surface area contributed by atoms with Crippen molar-refractivity contribution in [2.24, 2.45) is 0 Å². The van der Waals surface area contributed by atoms with E-state index in [1.807, 2.05) is 6.92 Å². The normalized spacial score (nSPS) is 34.5. The summed E-state index contributed by atoms with van der Waals surface area (Å²) in [5.74, 6) is 0. The van der Waals surface area contributed by atoms with E-state index < -0.39 is 18.3 Å². The fourth-order valence-electron chi connectivity index (χ4n) is 1.25. The summed E-state index contributed by atoms with van der Waals surface area (Å²) in [5, 5.41) is 27.7. The number of hydrogen-bond acceptors (Lipinski definition) is 4. The van der Waals surface area contributed by atoms with Gasteiger partial charge in [0.05, 0.1) is 18.8 Å². The van der Waals surface area contributed by atoms with Crippen LogP contribution in [0.1, 0.15) is 13.8 Å². The van der Waals surface area contributed by atoms with Crippen molar-refractivity contribution in [1.29, 1.82) is 0 Å². The van der Waals surface area contributed by atoms with Gasteiger partial charge in [-0.2, -0.15) is 0 Å². The minimum Gasteiger partial charge on any atom is -0.393 e. The molecule has 1 aliphatic heterocycles. The Kier molecular flexibility index (Phi) is 3.08. The maximum Gasteiger partial charge on any atom is 0.134 e. The van der Waals surface area contributed by atoms with Gasteiger partial charge in [0.15, 0.2) is 0 Å². The minimum atomic E-state index is -1.35. The second kappa shape index (κ2) is 3.75. The second-order valence-electron chi connectivity index (χ2n) is 3.51. The minimum absolute atomic E-state index is 0.0317. The molecule has 76 valence electrons. The van der Waals surface area contributed by atoms with E-state index in [-0.39, 0.29) is 12.2 Å². The third kappa shape index (κ3) is 2.51. The molecule has 4 heteroatoms. The van der Waals surface area contributed by atoms with Crippen LogP contribution in [0.25, 0.3) is 0 Å². The highest BCUT2D eigenvalue weighted by Crippen LogP contribution is 2.32. The molecule has 1 heterocycles. The first-order valence-electron chi connectivity index (χ1n) is 4.36. The topological polar surface area (TPSA) is 73.2 Å². The Hall–Kier alpha value is -0.420. The van der Waals surface area contributed by atoms with Crippen molar-refractivity contribution < 1.29 is 20.1 Å². The predicted octanol–water partition coefficient (Wildman–Crippen LogP) is -0.566. The van der Waals surface area contributed by atoms with Gasteiger partial charge in [-0.15, -0.1) is 0 Å². The van der Waals surface area contributed by atoms with Gasteiger partial charge in [0.2, 0.25) is 0 Å². The van der Waals surface area contributed by atoms with E-state index in [0.717, 1.165) is 0 Å². The summed E-state index contributed by atoms with van der Waals surface area (Å²) in [5.41, 5.74) is -1.35. The molecule has 0 bridgehead atoms. The molecular weight excluding hydrogens is 172 g/mol. The Morgan fingerprint density at radius 3 is 2.46 bits per heavy atom. The van der Waals surface area contributed by atoms with Crippen LogP contribution in [-0.4, -0.2) is 45.8 Å². The molecule has 1 rings (SSSR count). The van der Waals surface area contributed by atoms with E-state index in [2.05, 4.69) is 0 Å². The first kappa shape index (κ1) is 10.7. The van der Waals surface area contributed by atoms with E-state index >= 15 is 0 Å². The molecule has 4 nitrogen and oxygen atoms in total. The number of epoxide rings is 1. The van der Waals surface area contributed by atoms with Crippen LogP contribution in [0.4, 0.5) is 0 Å². The van der Waals surface area contributed by atoms with E-state index in [1.54, 1.807) is 6.92 Å². The zero-order valence-corrected chi connectivity index (χ0v) is 7.84. The molecule has 0 aromatic rings. The predicted molar refractivity (Wildman–Crippen MR) is 47.2 cm³/mol. The van der Waals surface area contributed by atoms with E-state index in [4.69, 9.17) is 14.9 Å². The second-order valence-corrected chi connectivity index (χ2v) is 3.51. The number of rotatable bonds is 4. The molecule has 0 aromatic heterocycles. The van der Waals surface area contributed by atoms with Gasteiger partial charge >= 0.3 is 0 Å². The monoisotopic (exact) mass is 188 g/mol. The van der Waals surface area contributed by atoms with Crippen LogP contribution < -0.4 is 0 Å². The van der Waals surface area contributed by atoms with Gasteiger partial charge in [0.25, 0.3) is 0 Å². The Labute approximate surface area is 77.5 Å². The van der Waals surface area contributed by atoms with Crippen LogP contribution >= 0.6 is 0 Å². The van der Waals surface area contributed by atoms with Crippen molar-refractivity contribution in [3.05, 3.63) is 12.2 Å². The summed E-state index contributed by atoms with van der Waals surface area (Å²) in [7, 11) is 0. The molecule has 4 atom stereocenters. The standard InChI is InChI=1S/C9H16O4/c1-6(11)3-4-9(12,5-10)8-7(2)13-8/h3-4,6-8,10-12H,5H2,1-2H3/b4-3+/t6-,7-,8+,9?/m0/s1. The molecule has 1 fully saturated rings.